The molecule has 0 radical (unpaired) electrons. The van der Waals surface area contributed by atoms with Gasteiger partial charge in [0.25, 0.3) is 0 Å². The monoisotopic (exact) mass is 384 g/mol. The molecule has 2 aromatic carbocycles. The van der Waals surface area contributed by atoms with E-state index >= 15 is 0 Å². The van der Waals surface area contributed by atoms with Crippen molar-refractivity contribution in [1.82, 2.24) is 0 Å². The van der Waals surface area contributed by atoms with Crippen molar-refractivity contribution in [3.63, 3.8) is 0 Å². The van der Waals surface area contributed by atoms with E-state index in [1.807, 2.05) is 30.3 Å². The summed E-state index contributed by atoms with van der Waals surface area (Å²) in [5, 5.41) is 8.63. The van der Waals surface area contributed by atoms with Crippen LogP contribution in [-0.2, 0) is 9.53 Å². The van der Waals surface area contributed by atoms with Gasteiger partial charge in [-0.25, -0.2) is 4.79 Å². The van der Waals surface area contributed by atoms with E-state index in [1.54, 1.807) is 37.5 Å². The van der Waals surface area contributed by atoms with Crippen LogP contribution in [0.25, 0.3) is 6.08 Å². The number of carbonyl (C=O) groups excluding carboxylic acids is 1. The van der Waals surface area contributed by atoms with Crippen LogP contribution in [0.4, 0.5) is 0 Å². The van der Waals surface area contributed by atoms with Crippen molar-refractivity contribution in [2.45, 2.75) is 52.1 Å². The molecule has 0 amide bonds. The maximum absolute atomic E-state index is 11.8. The summed E-state index contributed by atoms with van der Waals surface area (Å²) in [4.78, 5) is 11.8. The van der Waals surface area contributed by atoms with Crippen molar-refractivity contribution >= 4 is 12.0 Å². The Bertz CT molecular complexity index is 678. The average Bonchev–Trinajstić information content (AvgIpc) is 2.73. The van der Waals surface area contributed by atoms with Gasteiger partial charge in [-0.15, -0.1) is 0 Å². The molecule has 0 aliphatic carbocycles. The molecule has 4 nitrogen and oxygen atoms in total. The number of rotatable bonds is 9. The number of para-hydroxylation sites is 1. The summed E-state index contributed by atoms with van der Waals surface area (Å²) in [7, 11) is 1.63. The molecular weight excluding hydrogens is 352 g/mol. The van der Waals surface area contributed by atoms with Crippen LogP contribution in [0.15, 0.2) is 60.7 Å². The zero-order valence-electron chi connectivity index (χ0n) is 17.1. The van der Waals surface area contributed by atoms with E-state index < -0.39 is 0 Å². The third-order valence-corrected chi connectivity index (χ3v) is 4.15. The van der Waals surface area contributed by atoms with Gasteiger partial charge >= 0.3 is 5.97 Å². The largest absolute Gasteiger partial charge is 0.508 e. The molecule has 0 bridgehead atoms. The first-order valence-corrected chi connectivity index (χ1v) is 9.85. The van der Waals surface area contributed by atoms with Crippen LogP contribution in [0.5, 0.6) is 11.5 Å². The van der Waals surface area contributed by atoms with Crippen molar-refractivity contribution in [3.8, 4) is 11.5 Å². The molecule has 0 aliphatic heterocycles. The number of carbonyl (C=O) groups is 1. The molecule has 0 saturated carbocycles. The number of benzene rings is 2. The second kappa shape index (κ2) is 14.3. The van der Waals surface area contributed by atoms with Gasteiger partial charge in [-0.3, -0.25) is 0 Å². The van der Waals surface area contributed by atoms with Crippen molar-refractivity contribution in [1.29, 1.82) is 0 Å². The summed E-state index contributed by atoms with van der Waals surface area (Å²) in [6.07, 6.45) is 8.59. The Kier molecular flexibility index (Phi) is 11.9. The Balaban J connectivity index is 0.000000467. The van der Waals surface area contributed by atoms with Crippen LogP contribution < -0.4 is 4.74 Å². The van der Waals surface area contributed by atoms with Gasteiger partial charge in [0.15, 0.2) is 0 Å². The number of aromatic hydroxyl groups is 1. The number of esters is 1. The lowest BCUT2D eigenvalue weighted by atomic mass is 10.1. The number of hydrogen-bond donors (Lipinski definition) is 1. The molecule has 1 unspecified atom stereocenters. The summed E-state index contributed by atoms with van der Waals surface area (Å²) >= 11 is 0. The molecule has 4 heteroatoms. The van der Waals surface area contributed by atoms with Crippen LogP contribution in [0.2, 0.25) is 0 Å². The molecule has 0 heterocycles. The molecule has 2 rings (SSSR count). The van der Waals surface area contributed by atoms with Crippen molar-refractivity contribution < 1.29 is 19.4 Å². The number of phenols is 1. The topological polar surface area (TPSA) is 55.8 Å². The number of unbranched alkanes of at least 4 members (excludes halogenated alkanes) is 2. The maximum atomic E-state index is 11.8. The molecule has 0 aliphatic rings. The van der Waals surface area contributed by atoms with Crippen molar-refractivity contribution in [2.75, 3.05) is 7.11 Å². The molecule has 1 atom stereocenters. The summed E-state index contributed by atoms with van der Waals surface area (Å²) < 4.78 is 10.6. The van der Waals surface area contributed by atoms with Crippen LogP contribution in [0, 0.1) is 0 Å². The maximum Gasteiger partial charge on any atom is 0.331 e. The third-order valence-electron chi connectivity index (χ3n) is 4.15. The van der Waals surface area contributed by atoms with Gasteiger partial charge in [0.2, 0.25) is 0 Å². The highest BCUT2D eigenvalue weighted by atomic mass is 16.5. The fourth-order valence-electron chi connectivity index (χ4n) is 2.48. The van der Waals surface area contributed by atoms with Gasteiger partial charge in [0, 0.05) is 6.08 Å². The van der Waals surface area contributed by atoms with E-state index in [9.17, 15) is 4.79 Å². The number of hydrogen-bond acceptors (Lipinski definition) is 4. The van der Waals surface area contributed by atoms with E-state index in [0.717, 1.165) is 30.6 Å². The van der Waals surface area contributed by atoms with Gasteiger partial charge < -0.3 is 14.6 Å². The Morgan fingerprint density at radius 1 is 1.04 bits per heavy atom. The molecule has 0 fully saturated rings. The summed E-state index contributed by atoms with van der Waals surface area (Å²) in [5.74, 6) is 0.855. The van der Waals surface area contributed by atoms with Crippen molar-refractivity contribution in [3.05, 3.63) is 66.2 Å². The Labute approximate surface area is 168 Å². The lowest BCUT2D eigenvalue weighted by Gasteiger charge is -2.14. The Morgan fingerprint density at radius 3 is 2.21 bits per heavy atom. The second-order valence-corrected chi connectivity index (χ2v) is 6.40. The molecule has 2 aromatic rings. The van der Waals surface area contributed by atoms with Crippen LogP contribution in [-0.4, -0.2) is 24.3 Å². The minimum atomic E-state index is -0.269. The number of methoxy groups -OCH3 is 1. The highest BCUT2D eigenvalue weighted by molar-refractivity contribution is 5.87. The second-order valence-electron chi connectivity index (χ2n) is 6.40. The van der Waals surface area contributed by atoms with Gasteiger partial charge in [-0.2, -0.15) is 0 Å². The zero-order chi connectivity index (χ0) is 20.6. The Hall–Kier alpha value is -2.75. The minimum Gasteiger partial charge on any atom is -0.508 e. The molecule has 0 saturated heterocycles. The molecule has 0 aromatic heterocycles. The standard InChI is InChI=1S/C18H26O3.C6H6O/c1-4-6-7-8-16(5-2)21-18(19)14-11-15-9-12-17(20-3)13-10-15;7-6-4-2-1-3-5-6/h9-14,16H,4-8H2,1-3H3;1-5,7H/b14-11+;. The first kappa shape index (κ1) is 23.3. The van der Waals surface area contributed by atoms with E-state index in [0.29, 0.717) is 5.75 Å². The quantitative estimate of drug-likeness (QED) is 0.327. The van der Waals surface area contributed by atoms with Gasteiger partial charge in [0.05, 0.1) is 7.11 Å². The highest BCUT2D eigenvalue weighted by Gasteiger charge is 2.09. The van der Waals surface area contributed by atoms with Gasteiger partial charge in [-0.1, -0.05) is 57.0 Å². The van der Waals surface area contributed by atoms with E-state index in [2.05, 4.69) is 13.8 Å². The molecule has 152 valence electrons. The average molecular weight is 385 g/mol. The molecule has 28 heavy (non-hydrogen) atoms. The normalized spacial score (nSPS) is 11.4. The third kappa shape index (κ3) is 10.4. The van der Waals surface area contributed by atoms with E-state index in [-0.39, 0.29) is 12.1 Å². The van der Waals surface area contributed by atoms with E-state index in [1.165, 1.54) is 18.9 Å². The SMILES string of the molecule is CCCCCC(CC)OC(=O)/C=C/c1ccc(OC)cc1.Oc1ccccc1. The van der Waals surface area contributed by atoms with Gasteiger partial charge in [0.1, 0.15) is 17.6 Å². The predicted octanol–water partition coefficient (Wildman–Crippen LogP) is 6.00. The number of ether oxygens (including phenoxy) is 2. The first-order valence-electron chi connectivity index (χ1n) is 9.85. The van der Waals surface area contributed by atoms with E-state index in [4.69, 9.17) is 14.6 Å². The van der Waals surface area contributed by atoms with Crippen LogP contribution in [0.1, 0.15) is 51.5 Å². The minimum absolute atomic E-state index is 0.0320. The van der Waals surface area contributed by atoms with Crippen LogP contribution in [0.3, 0.4) is 0 Å². The molecule has 0 spiro atoms. The van der Waals surface area contributed by atoms with Crippen LogP contribution >= 0.6 is 0 Å². The first-order chi connectivity index (χ1) is 13.6. The molecular formula is C24H32O4. The van der Waals surface area contributed by atoms with Gasteiger partial charge in [-0.05, 0) is 55.2 Å². The predicted molar refractivity (Wildman–Crippen MR) is 114 cm³/mol. The zero-order valence-corrected chi connectivity index (χ0v) is 17.1. The lowest BCUT2D eigenvalue weighted by Crippen LogP contribution is -2.15. The summed E-state index contributed by atoms with van der Waals surface area (Å²) in [6.45, 7) is 4.22. The Morgan fingerprint density at radius 2 is 1.71 bits per heavy atom. The highest BCUT2D eigenvalue weighted by Crippen LogP contribution is 2.13. The lowest BCUT2D eigenvalue weighted by molar-refractivity contribution is -0.143. The summed E-state index contributed by atoms with van der Waals surface area (Å²) in [5.41, 5.74) is 0.951. The smallest absolute Gasteiger partial charge is 0.331 e. The summed E-state index contributed by atoms with van der Waals surface area (Å²) in [6, 6.07) is 16.3. The van der Waals surface area contributed by atoms with Crippen molar-refractivity contribution in [2.24, 2.45) is 0 Å². The fraction of sp³-hybridized carbons (Fsp3) is 0.375. The number of phenolic OH excluding ortho intramolecular Hbond substituents is 1. The fourth-order valence-corrected chi connectivity index (χ4v) is 2.48. The molecule has 1 N–H and O–H groups in total.